The van der Waals surface area contributed by atoms with Gasteiger partial charge in [-0.15, -0.1) is 0 Å². The molecule has 0 N–H and O–H groups in total. The molecule has 9 aromatic rings. The third-order valence-corrected chi connectivity index (χ3v) is 13.4. The summed E-state index contributed by atoms with van der Waals surface area (Å²) in [5.74, 6) is 0. The van der Waals surface area contributed by atoms with Gasteiger partial charge in [-0.05, 0) is 124 Å². The van der Waals surface area contributed by atoms with Crippen LogP contribution in [0.2, 0.25) is 0 Å². The lowest BCUT2D eigenvalue weighted by Gasteiger charge is -2.30. The molecule has 0 amide bonds. The fraction of sp³-hybridized carbons (Fsp3) is 0.180. The summed E-state index contributed by atoms with van der Waals surface area (Å²) in [6.07, 6.45) is 0. The van der Waals surface area contributed by atoms with E-state index in [1.54, 1.807) is 0 Å². The molecule has 0 aromatic heterocycles. The van der Waals surface area contributed by atoms with E-state index >= 15 is 0 Å². The number of rotatable bonds is 6. The normalized spacial score (nSPS) is 13.3. The van der Waals surface area contributed by atoms with Crippen molar-refractivity contribution < 1.29 is 0 Å². The molecule has 1 aliphatic rings. The Kier molecular flexibility index (Phi) is 9.38. The quantitative estimate of drug-likeness (QED) is 0.162. The maximum Gasteiger partial charge on any atom is 0.0540 e. The first-order chi connectivity index (χ1) is 29.8. The Morgan fingerprint density at radius 3 is 1.61 bits per heavy atom. The first-order valence-electron chi connectivity index (χ1n) is 22.2. The molecule has 1 heteroatoms. The molecule has 10 rings (SSSR count). The van der Waals surface area contributed by atoms with Crippen LogP contribution in [0.1, 0.15) is 77.6 Å². The Morgan fingerprint density at radius 2 is 0.903 bits per heavy atom. The van der Waals surface area contributed by atoms with Gasteiger partial charge in [0.25, 0.3) is 0 Å². The van der Waals surface area contributed by atoms with Gasteiger partial charge >= 0.3 is 0 Å². The van der Waals surface area contributed by atoms with Crippen molar-refractivity contribution in [2.75, 3.05) is 4.90 Å². The maximum absolute atomic E-state index is 2.49. The molecular formula is C61H55N. The third-order valence-electron chi connectivity index (χ3n) is 13.4. The second-order valence-corrected chi connectivity index (χ2v) is 19.8. The Balaban J connectivity index is 1.19. The van der Waals surface area contributed by atoms with Crippen molar-refractivity contribution in [1.82, 2.24) is 0 Å². The number of fused-ring (bicyclic) bond motifs is 5. The van der Waals surface area contributed by atoms with E-state index in [2.05, 4.69) is 248 Å². The summed E-state index contributed by atoms with van der Waals surface area (Å²) in [7, 11) is 0. The summed E-state index contributed by atoms with van der Waals surface area (Å²) in [6.45, 7) is 18.7. The Bertz CT molecular complexity index is 3120. The van der Waals surface area contributed by atoms with Crippen LogP contribution >= 0.6 is 0 Å². The van der Waals surface area contributed by atoms with E-state index in [1.807, 2.05) is 0 Å². The van der Waals surface area contributed by atoms with Crippen LogP contribution in [-0.2, 0) is 16.2 Å². The van der Waals surface area contributed by atoms with E-state index in [1.165, 1.54) is 88.3 Å². The third kappa shape index (κ3) is 6.72. The molecular weight excluding hydrogens is 747 g/mol. The zero-order valence-corrected chi connectivity index (χ0v) is 37.3. The van der Waals surface area contributed by atoms with Crippen molar-refractivity contribution in [3.05, 3.63) is 210 Å². The molecule has 0 aliphatic heterocycles. The van der Waals surface area contributed by atoms with E-state index in [-0.39, 0.29) is 16.2 Å². The van der Waals surface area contributed by atoms with Crippen molar-refractivity contribution in [2.24, 2.45) is 0 Å². The second-order valence-electron chi connectivity index (χ2n) is 19.8. The molecule has 0 bridgehead atoms. The largest absolute Gasteiger partial charge is 0.310 e. The molecule has 0 radical (unpaired) electrons. The minimum atomic E-state index is -0.136. The van der Waals surface area contributed by atoms with Gasteiger partial charge in [-0.2, -0.15) is 0 Å². The van der Waals surface area contributed by atoms with Crippen LogP contribution in [0.15, 0.2) is 188 Å². The van der Waals surface area contributed by atoms with Crippen molar-refractivity contribution in [3.63, 3.8) is 0 Å². The summed E-state index contributed by atoms with van der Waals surface area (Å²) >= 11 is 0. The van der Waals surface area contributed by atoms with Crippen molar-refractivity contribution >= 4 is 38.6 Å². The van der Waals surface area contributed by atoms with E-state index in [4.69, 9.17) is 0 Å². The molecule has 0 saturated heterocycles. The monoisotopic (exact) mass is 801 g/mol. The molecule has 0 saturated carbocycles. The zero-order valence-electron chi connectivity index (χ0n) is 37.3. The van der Waals surface area contributed by atoms with Crippen molar-refractivity contribution in [3.8, 4) is 44.5 Å². The molecule has 0 atom stereocenters. The highest BCUT2D eigenvalue weighted by Crippen LogP contribution is 2.52. The van der Waals surface area contributed by atoms with Crippen molar-refractivity contribution in [2.45, 2.75) is 71.6 Å². The predicted octanol–water partition coefficient (Wildman–Crippen LogP) is 17.4. The van der Waals surface area contributed by atoms with Crippen molar-refractivity contribution in [1.29, 1.82) is 0 Å². The fourth-order valence-corrected chi connectivity index (χ4v) is 9.88. The number of para-hydroxylation sites is 1. The average molecular weight is 802 g/mol. The Labute approximate surface area is 368 Å². The van der Waals surface area contributed by atoms with Crippen LogP contribution in [0.25, 0.3) is 66.1 Å². The maximum atomic E-state index is 2.49. The van der Waals surface area contributed by atoms with E-state index < -0.39 is 0 Å². The van der Waals surface area contributed by atoms with Gasteiger partial charge in [0.2, 0.25) is 0 Å². The highest BCUT2D eigenvalue weighted by atomic mass is 15.1. The number of nitrogens with zero attached hydrogens (tertiary/aromatic N) is 1. The Hall–Kier alpha value is -6.70. The number of benzene rings is 9. The molecule has 1 nitrogen and oxygen atoms in total. The molecule has 0 fully saturated rings. The Morgan fingerprint density at radius 1 is 0.371 bits per heavy atom. The average Bonchev–Trinajstić information content (AvgIpc) is 3.51. The molecule has 304 valence electrons. The number of hydrogen-bond acceptors (Lipinski definition) is 1. The SMILES string of the molecule is CC(C)(C)c1cc(-c2cccc3cccc(-c4ccccc4N(c4ccc(-c5cccc6ccccc56)cc4)c4ccc5c(c4)C(C)(C)c4ccccc4-5)c23)cc(C(C)(C)C)c1. The first kappa shape index (κ1) is 39.4. The van der Waals surface area contributed by atoms with Gasteiger partial charge in [-0.25, -0.2) is 0 Å². The van der Waals surface area contributed by atoms with Crippen LogP contribution in [-0.4, -0.2) is 0 Å². The molecule has 0 unspecified atom stereocenters. The minimum Gasteiger partial charge on any atom is -0.310 e. The van der Waals surface area contributed by atoms with E-state index in [0.29, 0.717) is 0 Å². The van der Waals surface area contributed by atoms with Gasteiger partial charge in [-0.1, -0.05) is 213 Å². The lowest BCUT2D eigenvalue weighted by Crippen LogP contribution is -2.17. The van der Waals surface area contributed by atoms with Gasteiger partial charge in [0.05, 0.1) is 5.69 Å². The van der Waals surface area contributed by atoms with Gasteiger partial charge in [0.1, 0.15) is 0 Å². The van der Waals surface area contributed by atoms with Crippen LogP contribution in [0.4, 0.5) is 17.1 Å². The van der Waals surface area contributed by atoms with E-state index in [9.17, 15) is 0 Å². The van der Waals surface area contributed by atoms with Crippen LogP contribution in [0, 0.1) is 0 Å². The molecule has 9 aromatic carbocycles. The van der Waals surface area contributed by atoms with Gasteiger partial charge in [0.15, 0.2) is 0 Å². The van der Waals surface area contributed by atoms with Gasteiger partial charge in [-0.3, -0.25) is 0 Å². The molecule has 0 spiro atoms. The van der Waals surface area contributed by atoms with Crippen LogP contribution in [0.3, 0.4) is 0 Å². The second kappa shape index (κ2) is 14.7. The minimum absolute atomic E-state index is 0.00543. The van der Waals surface area contributed by atoms with E-state index in [0.717, 1.165) is 17.1 Å². The molecule has 62 heavy (non-hydrogen) atoms. The fourth-order valence-electron chi connectivity index (χ4n) is 9.88. The highest BCUT2D eigenvalue weighted by Gasteiger charge is 2.36. The summed E-state index contributed by atoms with van der Waals surface area (Å²) in [5, 5.41) is 5.02. The summed E-state index contributed by atoms with van der Waals surface area (Å²) in [4.78, 5) is 2.49. The van der Waals surface area contributed by atoms with Crippen LogP contribution < -0.4 is 4.90 Å². The smallest absolute Gasteiger partial charge is 0.0540 e. The standard InChI is InChI=1S/C61H55N/c1-59(2,3)44-36-43(37-45(38-44)60(4,5)6)50-26-16-20-42-21-17-27-54(58(42)50)53-24-12-14-29-57(53)62(47-34-35-52-51-23-11-13-28-55(51)61(7,8)56(52)39-47)46-32-30-41(31-33-46)49-25-15-19-40-18-9-10-22-48(40)49/h9-39H,1-8H3. The summed E-state index contributed by atoms with van der Waals surface area (Å²) in [6, 6.07) is 70.5. The highest BCUT2D eigenvalue weighted by molar-refractivity contribution is 6.09. The lowest BCUT2D eigenvalue weighted by atomic mass is 9.78. The summed E-state index contributed by atoms with van der Waals surface area (Å²) < 4.78 is 0. The molecule has 1 aliphatic carbocycles. The number of hydrogen-bond donors (Lipinski definition) is 0. The lowest BCUT2D eigenvalue weighted by molar-refractivity contribution is 0.569. The zero-order chi connectivity index (χ0) is 43.0. The first-order valence-corrected chi connectivity index (χ1v) is 22.2. The summed E-state index contributed by atoms with van der Waals surface area (Å²) in [5.41, 5.74) is 18.7. The van der Waals surface area contributed by atoms with Crippen LogP contribution in [0.5, 0.6) is 0 Å². The molecule has 0 heterocycles. The number of anilines is 3. The van der Waals surface area contributed by atoms with Gasteiger partial charge < -0.3 is 4.90 Å². The topological polar surface area (TPSA) is 3.24 Å². The van der Waals surface area contributed by atoms with Gasteiger partial charge in [0, 0.05) is 22.4 Å². The predicted molar refractivity (Wildman–Crippen MR) is 267 cm³/mol.